The normalized spacial score (nSPS) is 12.6. The molecular weight excluding hydrogens is 481 g/mol. The van der Waals surface area contributed by atoms with Crippen molar-refractivity contribution in [2.45, 2.75) is 4.90 Å². The van der Waals surface area contributed by atoms with Gasteiger partial charge in [-0.25, -0.2) is 0 Å². The third-order valence-electron chi connectivity index (χ3n) is 4.66. The Balaban J connectivity index is 2.07. The monoisotopic (exact) mass is 497 g/mol. The summed E-state index contributed by atoms with van der Waals surface area (Å²) >= 11 is 3.35. The molecule has 1 aliphatic rings. The van der Waals surface area contributed by atoms with Gasteiger partial charge in [-0.15, -0.1) is 0 Å². The van der Waals surface area contributed by atoms with E-state index in [9.17, 15) is 4.79 Å². The maximum Gasteiger partial charge on any atom is 0.194 e. The first kappa shape index (κ1) is 18.8. The summed E-state index contributed by atoms with van der Waals surface area (Å²) in [5.74, 6) is 0.753. The van der Waals surface area contributed by atoms with E-state index < -0.39 is 0 Å². The Morgan fingerprint density at radius 3 is 2.46 bits per heavy atom. The van der Waals surface area contributed by atoms with E-state index in [4.69, 9.17) is 8.80 Å². The minimum absolute atomic E-state index is 0.0397. The van der Waals surface area contributed by atoms with Crippen molar-refractivity contribution in [2.75, 3.05) is 0 Å². The van der Waals surface area contributed by atoms with E-state index in [2.05, 4.69) is 13.2 Å². The molecule has 0 amide bonds. The number of nitrogens with two attached hydrogens (primary N) is 1. The SMILES string of the molecule is C=C/C=C(/Sc1c(OI)cc2c3c(cccc13)C(=O)c1ccccc1-2)C(=C)N. The Labute approximate surface area is 181 Å². The van der Waals surface area contributed by atoms with Crippen LogP contribution >= 0.6 is 34.8 Å². The van der Waals surface area contributed by atoms with Gasteiger partial charge in [-0.3, -0.25) is 4.79 Å². The zero-order valence-electron chi connectivity index (χ0n) is 14.9. The minimum atomic E-state index is 0.0397. The molecule has 0 unspecified atom stereocenters. The lowest BCUT2D eigenvalue weighted by Crippen LogP contribution is -2.10. The van der Waals surface area contributed by atoms with Gasteiger partial charge < -0.3 is 8.80 Å². The molecule has 138 valence electrons. The van der Waals surface area contributed by atoms with Crippen molar-refractivity contribution in [1.29, 1.82) is 0 Å². The number of allylic oxidation sites excluding steroid dienone is 2. The number of halogens is 1. The summed E-state index contributed by atoms with van der Waals surface area (Å²) in [6, 6.07) is 15.5. The van der Waals surface area contributed by atoms with Crippen molar-refractivity contribution < 1.29 is 7.86 Å². The first-order valence-corrected chi connectivity index (χ1v) is 10.2. The van der Waals surface area contributed by atoms with E-state index in [1.54, 1.807) is 6.08 Å². The van der Waals surface area contributed by atoms with Crippen molar-refractivity contribution in [1.82, 2.24) is 0 Å². The van der Waals surface area contributed by atoms with E-state index in [1.807, 2.05) is 77.6 Å². The molecule has 0 aromatic heterocycles. The van der Waals surface area contributed by atoms with Crippen molar-refractivity contribution in [3.8, 4) is 16.9 Å². The highest BCUT2D eigenvalue weighted by molar-refractivity contribution is 14.1. The summed E-state index contributed by atoms with van der Waals surface area (Å²) in [4.78, 5) is 14.8. The Bertz CT molecular complexity index is 1200. The van der Waals surface area contributed by atoms with Crippen LogP contribution in [0.25, 0.3) is 21.9 Å². The molecule has 1 aliphatic carbocycles. The smallest absolute Gasteiger partial charge is 0.194 e. The standard InChI is InChI=1S/C23H16INO2S/c1-3-7-20(13(2)25)28-23-17-11-6-10-16-21(17)18(12-19(23)27-24)14-8-4-5-9-15(14)22(16)26/h3-12H,1-2,25H2/b20-7+. The Kier molecular flexibility index (Phi) is 5.03. The quantitative estimate of drug-likeness (QED) is 0.197. The van der Waals surface area contributed by atoms with Crippen LogP contribution in [0.2, 0.25) is 0 Å². The van der Waals surface area contributed by atoms with Crippen LogP contribution in [-0.4, -0.2) is 5.78 Å². The second kappa shape index (κ2) is 7.48. The predicted molar refractivity (Wildman–Crippen MR) is 125 cm³/mol. The van der Waals surface area contributed by atoms with Gasteiger partial charge >= 0.3 is 0 Å². The lowest BCUT2D eigenvalue weighted by atomic mass is 9.83. The fourth-order valence-corrected chi connectivity index (χ4v) is 4.98. The molecule has 3 aromatic rings. The molecule has 0 heterocycles. The summed E-state index contributed by atoms with van der Waals surface area (Å²) in [6.45, 7) is 7.61. The highest BCUT2D eigenvalue weighted by atomic mass is 127. The second-order valence-electron chi connectivity index (χ2n) is 6.33. The number of rotatable bonds is 5. The number of carbonyl (C=O) groups is 1. The molecule has 0 bridgehead atoms. The van der Waals surface area contributed by atoms with Crippen LogP contribution in [0, 0.1) is 0 Å². The van der Waals surface area contributed by atoms with E-state index >= 15 is 0 Å². The van der Waals surface area contributed by atoms with Crippen LogP contribution in [0.4, 0.5) is 0 Å². The molecule has 0 saturated carbocycles. The lowest BCUT2D eigenvalue weighted by Gasteiger charge is -2.22. The van der Waals surface area contributed by atoms with Gasteiger partial charge in [0.2, 0.25) is 0 Å². The molecule has 28 heavy (non-hydrogen) atoms. The Morgan fingerprint density at radius 1 is 1.07 bits per heavy atom. The molecule has 3 nitrogen and oxygen atoms in total. The first-order chi connectivity index (χ1) is 13.6. The second-order valence-corrected chi connectivity index (χ2v) is 7.82. The van der Waals surface area contributed by atoms with Gasteiger partial charge in [-0.2, -0.15) is 0 Å². The molecular formula is C23H16INO2S. The highest BCUT2D eigenvalue weighted by Crippen LogP contribution is 2.49. The maximum atomic E-state index is 13.1. The fourth-order valence-electron chi connectivity index (χ4n) is 3.48. The summed E-state index contributed by atoms with van der Waals surface area (Å²) in [5, 5.41) is 1.89. The number of carbonyl (C=O) groups excluding carboxylic acids is 1. The van der Waals surface area contributed by atoms with Crippen LogP contribution in [0.1, 0.15) is 15.9 Å². The molecule has 0 saturated heterocycles. The first-order valence-electron chi connectivity index (χ1n) is 8.54. The van der Waals surface area contributed by atoms with Gasteiger partial charge in [0.25, 0.3) is 0 Å². The molecule has 0 aliphatic heterocycles. The topological polar surface area (TPSA) is 52.3 Å². The van der Waals surface area contributed by atoms with Gasteiger partial charge in [0.1, 0.15) is 5.75 Å². The third kappa shape index (κ3) is 2.95. The Morgan fingerprint density at radius 2 is 1.79 bits per heavy atom. The fraction of sp³-hybridized carbons (Fsp3) is 0. The van der Waals surface area contributed by atoms with Crippen LogP contribution in [-0.2, 0) is 0 Å². The van der Waals surface area contributed by atoms with Crippen molar-refractivity contribution in [2.24, 2.45) is 5.73 Å². The molecule has 0 spiro atoms. The van der Waals surface area contributed by atoms with Crippen LogP contribution < -0.4 is 8.80 Å². The van der Waals surface area contributed by atoms with Gasteiger partial charge in [-0.05, 0) is 23.3 Å². The zero-order chi connectivity index (χ0) is 19.8. The number of ketones is 1. The van der Waals surface area contributed by atoms with Gasteiger partial charge in [0, 0.05) is 32.5 Å². The zero-order valence-corrected chi connectivity index (χ0v) is 17.8. The molecule has 2 N–H and O–H groups in total. The van der Waals surface area contributed by atoms with Gasteiger partial charge in [0.05, 0.1) is 4.90 Å². The lowest BCUT2D eigenvalue weighted by molar-refractivity contribution is 0.104. The average molecular weight is 497 g/mol. The van der Waals surface area contributed by atoms with Gasteiger partial charge in [0.15, 0.2) is 28.8 Å². The largest absolute Gasteiger partial charge is 0.426 e. The summed E-state index contributed by atoms with van der Waals surface area (Å²) < 4.78 is 5.70. The number of thioether (sulfide) groups is 1. The van der Waals surface area contributed by atoms with Crippen molar-refractivity contribution >= 4 is 51.3 Å². The van der Waals surface area contributed by atoms with Gasteiger partial charge in [-0.1, -0.05) is 73.5 Å². The molecule has 4 rings (SSSR count). The van der Waals surface area contributed by atoms with E-state index in [-0.39, 0.29) is 5.78 Å². The van der Waals surface area contributed by atoms with Crippen LogP contribution in [0.3, 0.4) is 0 Å². The van der Waals surface area contributed by atoms with Crippen LogP contribution in [0.5, 0.6) is 5.75 Å². The van der Waals surface area contributed by atoms with Crippen molar-refractivity contribution in [3.63, 3.8) is 0 Å². The predicted octanol–water partition coefficient (Wildman–Crippen LogP) is 6.41. The number of hydrogen-bond acceptors (Lipinski definition) is 4. The molecule has 0 atom stereocenters. The van der Waals surface area contributed by atoms with E-state index in [0.717, 1.165) is 31.7 Å². The highest BCUT2D eigenvalue weighted by Gasteiger charge is 2.27. The minimum Gasteiger partial charge on any atom is -0.426 e. The van der Waals surface area contributed by atoms with Crippen LogP contribution in [0.15, 0.2) is 89.3 Å². The van der Waals surface area contributed by atoms with E-state index in [1.165, 1.54) is 11.8 Å². The third-order valence-corrected chi connectivity index (χ3v) is 6.38. The molecule has 0 radical (unpaired) electrons. The number of fused-ring (bicyclic) bond motifs is 2. The summed E-state index contributed by atoms with van der Waals surface area (Å²) in [7, 11) is 0. The maximum absolute atomic E-state index is 13.1. The number of benzene rings is 3. The molecule has 3 aromatic carbocycles. The number of hydrogen-bond donors (Lipinski definition) is 1. The Hall–Kier alpha value is -2.51. The van der Waals surface area contributed by atoms with E-state index in [0.29, 0.717) is 22.6 Å². The summed E-state index contributed by atoms with van der Waals surface area (Å²) in [5.41, 5.74) is 9.75. The molecule has 5 heteroatoms. The van der Waals surface area contributed by atoms with Crippen molar-refractivity contribution in [3.05, 3.63) is 95.6 Å². The summed E-state index contributed by atoms with van der Waals surface area (Å²) in [6.07, 6.45) is 3.50. The average Bonchev–Trinajstić information content (AvgIpc) is 2.71. The molecule has 0 fully saturated rings.